The Morgan fingerprint density at radius 3 is 2.95 bits per heavy atom. The second-order valence-electron chi connectivity index (χ2n) is 4.33. The Kier molecular flexibility index (Phi) is 3.31. The van der Waals surface area contributed by atoms with Crippen molar-refractivity contribution in [3.05, 3.63) is 30.6 Å². The number of carbonyl (C=O) groups is 1. The highest BCUT2D eigenvalue weighted by Crippen LogP contribution is 2.33. The molecule has 0 radical (unpaired) electrons. The summed E-state index contributed by atoms with van der Waals surface area (Å²) in [6.45, 7) is 1.83. The van der Waals surface area contributed by atoms with Gasteiger partial charge in [-0.3, -0.25) is 4.79 Å². The summed E-state index contributed by atoms with van der Waals surface area (Å²) in [5.74, 6) is -0.0436. The molecule has 0 saturated carbocycles. The molecule has 0 saturated heterocycles. The second kappa shape index (κ2) is 5.13. The summed E-state index contributed by atoms with van der Waals surface area (Å²) in [6, 6.07) is 7.72. The van der Waals surface area contributed by atoms with Crippen LogP contribution in [0.4, 0.5) is 0 Å². The summed E-state index contributed by atoms with van der Waals surface area (Å²) in [6.07, 6.45) is 1.50. The van der Waals surface area contributed by atoms with Crippen LogP contribution in [0.15, 0.2) is 40.0 Å². The van der Waals surface area contributed by atoms with Crippen molar-refractivity contribution in [3.8, 4) is 0 Å². The summed E-state index contributed by atoms with van der Waals surface area (Å²) in [4.78, 5) is 20.1. The lowest BCUT2D eigenvalue weighted by atomic mass is 10.2. The normalized spacial score (nSPS) is 12.7. The smallest absolute Gasteiger partial charge is 0.233 e. The lowest BCUT2D eigenvalue weighted by Crippen LogP contribution is -2.27. The van der Waals surface area contributed by atoms with Gasteiger partial charge in [0.25, 0.3) is 0 Å². The van der Waals surface area contributed by atoms with Crippen LogP contribution in [0.25, 0.3) is 22.1 Å². The largest absolute Gasteiger partial charge is 0.451 e. The number of thioether (sulfide) groups is 1. The molecule has 5 nitrogen and oxygen atoms in total. The molecule has 3 rings (SSSR count). The maximum absolute atomic E-state index is 11.6. The van der Waals surface area contributed by atoms with E-state index in [1.807, 2.05) is 31.2 Å². The van der Waals surface area contributed by atoms with Crippen LogP contribution in [0.5, 0.6) is 0 Å². The van der Waals surface area contributed by atoms with Gasteiger partial charge in [0.1, 0.15) is 22.5 Å². The maximum atomic E-state index is 11.6. The van der Waals surface area contributed by atoms with Gasteiger partial charge in [0.2, 0.25) is 5.91 Å². The first kappa shape index (κ1) is 12.9. The highest BCUT2D eigenvalue weighted by atomic mass is 32.2. The third kappa shape index (κ3) is 2.12. The van der Waals surface area contributed by atoms with E-state index >= 15 is 0 Å². The number of hydrogen-bond donors (Lipinski definition) is 1. The molecular formula is C14H13N3O2S. The van der Waals surface area contributed by atoms with Crippen molar-refractivity contribution in [2.24, 2.45) is 0 Å². The predicted octanol–water partition coefficient (Wildman–Crippen LogP) is 2.60. The van der Waals surface area contributed by atoms with E-state index in [1.54, 1.807) is 7.05 Å². The van der Waals surface area contributed by atoms with Crippen molar-refractivity contribution in [1.29, 1.82) is 0 Å². The van der Waals surface area contributed by atoms with Crippen LogP contribution >= 0.6 is 11.8 Å². The summed E-state index contributed by atoms with van der Waals surface area (Å²) >= 11 is 1.36. The van der Waals surface area contributed by atoms with Gasteiger partial charge in [-0.25, -0.2) is 9.97 Å². The zero-order valence-corrected chi connectivity index (χ0v) is 11.9. The molecule has 1 amide bonds. The molecule has 2 heterocycles. The highest BCUT2D eigenvalue weighted by Gasteiger charge is 2.18. The standard InChI is InChI=1S/C14H13N3O2S/c1-8(13(18)15-2)20-14-12-11(16-7-17-14)9-5-3-4-6-10(9)19-12/h3-8H,1-2H3,(H,15,18)/t8-/m1/s1. The molecule has 3 aromatic rings. The van der Waals surface area contributed by atoms with Crippen LogP contribution in [0, 0.1) is 0 Å². The molecule has 0 aliphatic carbocycles. The van der Waals surface area contributed by atoms with E-state index < -0.39 is 0 Å². The first-order chi connectivity index (χ1) is 9.70. The molecule has 0 spiro atoms. The number of nitrogens with one attached hydrogen (secondary N) is 1. The van der Waals surface area contributed by atoms with Crippen LogP contribution in [0.2, 0.25) is 0 Å². The Balaban J connectivity index is 2.10. The second-order valence-corrected chi connectivity index (χ2v) is 5.66. The van der Waals surface area contributed by atoms with E-state index in [4.69, 9.17) is 4.42 Å². The fourth-order valence-corrected chi connectivity index (χ4v) is 2.92. The van der Waals surface area contributed by atoms with E-state index in [2.05, 4.69) is 15.3 Å². The summed E-state index contributed by atoms with van der Waals surface area (Å²) < 4.78 is 5.82. The lowest BCUT2D eigenvalue weighted by molar-refractivity contribution is -0.119. The SMILES string of the molecule is CNC(=O)[C@@H](C)Sc1ncnc2c1oc1ccccc12. The minimum Gasteiger partial charge on any atom is -0.451 e. The molecule has 0 fully saturated rings. The van der Waals surface area contributed by atoms with E-state index in [-0.39, 0.29) is 11.2 Å². The third-order valence-corrected chi connectivity index (χ3v) is 4.11. The quantitative estimate of drug-likeness (QED) is 0.592. The van der Waals surface area contributed by atoms with Gasteiger partial charge in [-0.05, 0) is 19.1 Å². The summed E-state index contributed by atoms with van der Waals surface area (Å²) in [5, 5.41) is 4.02. The van der Waals surface area contributed by atoms with Gasteiger partial charge in [-0.1, -0.05) is 23.9 Å². The fraction of sp³-hybridized carbons (Fsp3) is 0.214. The van der Waals surface area contributed by atoms with Crippen molar-refractivity contribution in [2.75, 3.05) is 7.05 Å². The van der Waals surface area contributed by atoms with Crippen molar-refractivity contribution in [1.82, 2.24) is 15.3 Å². The van der Waals surface area contributed by atoms with Gasteiger partial charge >= 0.3 is 0 Å². The fourth-order valence-electron chi connectivity index (χ4n) is 2.01. The molecule has 20 heavy (non-hydrogen) atoms. The predicted molar refractivity (Wildman–Crippen MR) is 78.7 cm³/mol. The molecule has 0 aliphatic rings. The Hall–Kier alpha value is -2.08. The number of carbonyl (C=O) groups excluding carboxylic acids is 1. The zero-order valence-electron chi connectivity index (χ0n) is 11.1. The number of nitrogens with zero attached hydrogens (tertiary/aromatic N) is 2. The Bertz CT molecular complexity index is 784. The average Bonchev–Trinajstić information content (AvgIpc) is 2.86. The Morgan fingerprint density at radius 1 is 1.35 bits per heavy atom. The molecule has 0 aliphatic heterocycles. The van der Waals surface area contributed by atoms with Crippen LogP contribution in [-0.2, 0) is 4.79 Å². The van der Waals surface area contributed by atoms with E-state index in [1.165, 1.54) is 18.1 Å². The molecule has 1 aromatic carbocycles. The number of amides is 1. The summed E-state index contributed by atoms with van der Waals surface area (Å²) in [5.41, 5.74) is 2.19. The van der Waals surface area contributed by atoms with Crippen LogP contribution in [-0.4, -0.2) is 28.2 Å². The van der Waals surface area contributed by atoms with E-state index in [0.717, 1.165) is 16.5 Å². The van der Waals surface area contributed by atoms with Crippen molar-refractivity contribution in [2.45, 2.75) is 17.2 Å². The molecule has 0 bridgehead atoms. The lowest BCUT2D eigenvalue weighted by Gasteiger charge is -2.08. The number of furan rings is 1. The van der Waals surface area contributed by atoms with E-state index in [0.29, 0.717) is 10.6 Å². The van der Waals surface area contributed by atoms with Gasteiger partial charge in [0.15, 0.2) is 5.58 Å². The number of aromatic nitrogens is 2. The molecule has 102 valence electrons. The van der Waals surface area contributed by atoms with Crippen molar-refractivity contribution >= 4 is 39.7 Å². The topological polar surface area (TPSA) is 68.0 Å². The van der Waals surface area contributed by atoms with Gasteiger partial charge < -0.3 is 9.73 Å². The number of benzene rings is 1. The third-order valence-electron chi connectivity index (χ3n) is 3.03. The van der Waals surface area contributed by atoms with Gasteiger partial charge in [-0.15, -0.1) is 0 Å². The van der Waals surface area contributed by atoms with Crippen LogP contribution in [0.1, 0.15) is 6.92 Å². The van der Waals surface area contributed by atoms with Crippen molar-refractivity contribution < 1.29 is 9.21 Å². The molecular weight excluding hydrogens is 274 g/mol. The number of para-hydroxylation sites is 1. The minimum atomic E-state index is -0.244. The maximum Gasteiger partial charge on any atom is 0.233 e. The zero-order chi connectivity index (χ0) is 14.1. The van der Waals surface area contributed by atoms with Gasteiger partial charge in [-0.2, -0.15) is 0 Å². The van der Waals surface area contributed by atoms with Crippen LogP contribution in [0.3, 0.4) is 0 Å². The summed E-state index contributed by atoms with van der Waals surface area (Å²) in [7, 11) is 1.62. The monoisotopic (exact) mass is 287 g/mol. The Morgan fingerprint density at radius 2 is 2.15 bits per heavy atom. The van der Waals surface area contributed by atoms with Gasteiger partial charge in [0, 0.05) is 12.4 Å². The number of rotatable bonds is 3. The van der Waals surface area contributed by atoms with Crippen LogP contribution < -0.4 is 5.32 Å². The average molecular weight is 287 g/mol. The molecule has 2 aromatic heterocycles. The van der Waals surface area contributed by atoms with Crippen molar-refractivity contribution in [3.63, 3.8) is 0 Å². The molecule has 0 unspecified atom stereocenters. The molecule has 1 atom stereocenters. The molecule has 1 N–H and O–H groups in total. The number of fused-ring (bicyclic) bond motifs is 3. The molecule has 6 heteroatoms. The Labute approximate surface area is 119 Å². The first-order valence-electron chi connectivity index (χ1n) is 6.21. The number of hydrogen-bond acceptors (Lipinski definition) is 5. The highest BCUT2D eigenvalue weighted by molar-refractivity contribution is 8.00. The minimum absolute atomic E-state index is 0.0436. The van der Waals surface area contributed by atoms with E-state index in [9.17, 15) is 4.79 Å². The first-order valence-corrected chi connectivity index (χ1v) is 7.09. The van der Waals surface area contributed by atoms with Gasteiger partial charge in [0.05, 0.1) is 5.25 Å².